The van der Waals surface area contributed by atoms with Crippen LogP contribution in [0.5, 0.6) is 0 Å². The minimum absolute atomic E-state index is 0.391. The highest BCUT2D eigenvalue weighted by atomic mass is 79.9. The predicted octanol–water partition coefficient (Wildman–Crippen LogP) is 3.69. The van der Waals surface area contributed by atoms with Gasteiger partial charge >= 0.3 is 6.09 Å². The van der Waals surface area contributed by atoms with E-state index in [-0.39, 0.29) is 0 Å². The summed E-state index contributed by atoms with van der Waals surface area (Å²) in [6.45, 7) is 8.71. The fourth-order valence-corrected chi connectivity index (χ4v) is 1.86. The van der Waals surface area contributed by atoms with Crippen LogP contribution in [0.4, 0.5) is 10.5 Å². The molecule has 0 heterocycles. The van der Waals surface area contributed by atoms with E-state index in [0.29, 0.717) is 13.1 Å². The van der Waals surface area contributed by atoms with Gasteiger partial charge in [0.2, 0.25) is 0 Å². The number of carbonyl (C=O) groups is 1. The van der Waals surface area contributed by atoms with Crippen molar-refractivity contribution in [2.75, 3.05) is 18.4 Å². The molecule has 0 aliphatic heterocycles. The zero-order valence-corrected chi connectivity index (χ0v) is 13.4. The van der Waals surface area contributed by atoms with E-state index in [4.69, 9.17) is 4.74 Å². The highest BCUT2D eigenvalue weighted by molar-refractivity contribution is 9.10. The molecule has 0 saturated carbocycles. The number of amides is 1. The molecule has 0 spiro atoms. The maximum absolute atomic E-state index is 11.4. The molecular weight excluding hydrogens is 308 g/mol. The van der Waals surface area contributed by atoms with Gasteiger partial charge in [-0.25, -0.2) is 4.79 Å². The van der Waals surface area contributed by atoms with Gasteiger partial charge < -0.3 is 15.4 Å². The number of rotatable bonds is 4. The van der Waals surface area contributed by atoms with Crippen LogP contribution in [0, 0.1) is 6.92 Å². The van der Waals surface area contributed by atoms with E-state index in [1.807, 2.05) is 45.9 Å². The van der Waals surface area contributed by atoms with Crippen LogP contribution in [0.3, 0.4) is 0 Å². The highest BCUT2D eigenvalue weighted by Crippen LogP contribution is 2.25. The molecule has 0 radical (unpaired) electrons. The lowest BCUT2D eigenvalue weighted by Crippen LogP contribution is -2.35. The predicted molar refractivity (Wildman–Crippen MR) is 81.6 cm³/mol. The third-order valence-electron chi connectivity index (χ3n) is 2.30. The average molecular weight is 329 g/mol. The molecule has 0 aromatic heterocycles. The van der Waals surface area contributed by atoms with Crippen LogP contribution in [0.2, 0.25) is 0 Å². The van der Waals surface area contributed by atoms with Crippen molar-refractivity contribution >= 4 is 27.7 Å². The van der Waals surface area contributed by atoms with Crippen molar-refractivity contribution in [2.45, 2.75) is 33.3 Å². The Hall–Kier alpha value is -1.23. The largest absolute Gasteiger partial charge is 0.444 e. The molecule has 0 unspecified atom stereocenters. The topological polar surface area (TPSA) is 50.4 Å². The van der Waals surface area contributed by atoms with Crippen LogP contribution in [0.1, 0.15) is 26.3 Å². The van der Waals surface area contributed by atoms with Crippen LogP contribution >= 0.6 is 15.9 Å². The molecular formula is C14H21BrN2O2. The van der Waals surface area contributed by atoms with Crippen molar-refractivity contribution < 1.29 is 9.53 Å². The van der Waals surface area contributed by atoms with Crippen molar-refractivity contribution in [3.8, 4) is 0 Å². The van der Waals surface area contributed by atoms with Crippen molar-refractivity contribution in [3.05, 3.63) is 28.2 Å². The van der Waals surface area contributed by atoms with Gasteiger partial charge in [0.15, 0.2) is 0 Å². The Morgan fingerprint density at radius 3 is 2.63 bits per heavy atom. The number of aryl methyl sites for hydroxylation is 1. The number of anilines is 1. The summed E-state index contributed by atoms with van der Waals surface area (Å²) in [7, 11) is 0. The number of hydrogen-bond acceptors (Lipinski definition) is 3. The molecule has 1 rings (SSSR count). The minimum atomic E-state index is -0.461. The molecule has 0 atom stereocenters. The van der Waals surface area contributed by atoms with Crippen LogP contribution < -0.4 is 10.6 Å². The summed E-state index contributed by atoms with van der Waals surface area (Å²) in [5.41, 5.74) is 1.73. The Balaban J connectivity index is 2.32. The van der Waals surface area contributed by atoms with Crippen LogP contribution in [0.15, 0.2) is 22.7 Å². The van der Waals surface area contributed by atoms with Crippen molar-refractivity contribution in [3.63, 3.8) is 0 Å². The van der Waals surface area contributed by atoms with E-state index in [1.54, 1.807) is 0 Å². The molecule has 19 heavy (non-hydrogen) atoms. The Morgan fingerprint density at radius 2 is 2.00 bits per heavy atom. The molecule has 2 N–H and O–H groups in total. The summed E-state index contributed by atoms with van der Waals surface area (Å²) in [6, 6.07) is 6.02. The molecule has 5 heteroatoms. The van der Waals surface area contributed by atoms with Gasteiger partial charge in [0.25, 0.3) is 0 Å². The van der Waals surface area contributed by atoms with Gasteiger partial charge in [-0.2, -0.15) is 0 Å². The average Bonchev–Trinajstić information content (AvgIpc) is 2.27. The first kappa shape index (κ1) is 15.8. The number of nitrogens with one attached hydrogen (secondary N) is 2. The first-order chi connectivity index (χ1) is 8.79. The number of carbonyl (C=O) groups excluding carboxylic acids is 1. The first-order valence-electron chi connectivity index (χ1n) is 6.25. The first-order valence-corrected chi connectivity index (χ1v) is 7.05. The van der Waals surface area contributed by atoms with E-state index in [0.717, 1.165) is 10.2 Å². The standard InChI is InChI=1S/C14H21BrN2O2/c1-10-6-5-7-11(12(10)15)16-8-9-17-13(18)19-14(2,3)4/h5-7,16H,8-9H2,1-4H3,(H,17,18). The Bertz CT molecular complexity index is 442. The second-order valence-corrected chi connectivity index (χ2v) is 6.08. The highest BCUT2D eigenvalue weighted by Gasteiger charge is 2.15. The van der Waals surface area contributed by atoms with Crippen molar-refractivity contribution in [2.24, 2.45) is 0 Å². The zero-order valence-electron chi connectivity index (χ0n) is 11.8. The smallest absolute Gasteiger partial charge is 0.407 e. The van der Waals surface area contributed by atoms with E-state index < -0.39 is 11.7 Å². The van der Waals surface area contributed by atoms with E-state index >= 15 is 0 Å². The maximum Gasteiger partial charge on any atom is 0.407 e. The summed E-state index contributed by atoms with van der Waals surface area (Å²) >= 11 is 3.53. The summed E-state index contributed by atoms with van der Waals surface area (Å²) in [4.78, 5) is 11.4. The Kier molecular flexibility index (Phi) is 5.66. The van der Waals surface area contributed by atoms with Gasteiger partial charge in [-0.1, -0.05) is 12.1 Å². The van der Waals surface area contributed by atoms with Gasteiger partial charge in [0.1, 0.15) is 5.60 Å². The maximum atomic E-state index is 11.4. The minimum Gasteiger partial charge on any atom is -0.444 e. The zero-order chi connectivity index (χ0) is 14.5. The summed E-state index contributed by atoms with van der Waals surface area (Å²) < 4.78 is 6.19. The number of ether oxygens (including phenoxy) is 1. The van der Waals surface area contributed by atoms with Gasteiger partial charge in [-0.15, -0.1) is 0 Å². The molecule has 1 amide bonds. The quantitative estimate of drug-likeness (QED) is 0.828. The SMILES string of the molecule is Cc1cccc(NCCNC(=O)OC(C)(C)C)c1Br. The summed E-state index contributed by atoms with van der Waals surface area (Å²) in [5, 5.41) is 5.96. The molecule has 1 aromatic rings. The second kappa shape index (κ2) is 6.80. The fraction of sp³-hybridized carbons (Fsp3) is 0.500. The third-order valence-corrected chi connectivity index (χ3v) is 3.35. The number of alkyl carbamates (subject to hydrolysis) is 1. The number of halogens is 1. The van der Waals surface area contributed by atoms with Gasteiger partial charge in [-0.3, -0.25) is 0 Å². The normalized spacial score (nSPS) is 11.0. The molecule has 0 aliphatic rings. The third kappa shape index (κ3) is 5.96. The second-order valence-electron chi connectivity index (χ2n) is 5.29. The molecule has 0 bridgehead atoms. The van der Waals surface area contributed by atoms with Crippen molar-refractivity contribution in [1.29, 1.82) is 0 Å². The van der Waals surface area contributed by atoms with Gasteiger partial charge in [0, 0.05) is 23.2 Å². The van der Waals surface area contributed by atoms with E-state index in [9.17, 15) is 4.79 Å². The monoisotopic (exact) mass is 328 g/mol. The Labute approximate surface area is 123 Å². The lowest BCUT2D eigenvalue weighted by Gasteiger charge is -2.19. The van der Waals surface area contributed by atoms with E-state index in [2.05, 4.69) is 26.6 Å². The van der Waals surface area contributed by atoms with Gasteiger partial charge in [0.05, 0.1) is 0 Å². The van der Waals surface area contributed by atoms with Crippen LogP contribution in [-0.2, 0) is 4.74 Å². The summed E-state index contributed by atoms with van der Waals surface area (Å²) in [5.74, 6) is 0. The molecule has 106 valence electrons. The molecule has 4 nitrogen and oxygen atoms in total. The van der Waals surface area contributed by atoms with Crippen molar-refractivity contribution in [1.82, 2.24) is 5.32 Å². The molecule has 0 fully saturated rings. The number of hydrogen-bond donors (Lipinski definition) is 2. The molecule has 1 aromatic carbocycles. The fourth-order valence-electron chi connectivity index (χ4n) is 1.46. The lowest BCUT2D eigenvalue weighted by atomic mass is 10.2. The van der Waals surface area contributed by atoms with Crippen LogP contribution in [0.25, 0.3) is 0 Å². The van der Waals surface area contributed by atoms with Crippen LogP contribution in [-0.4, -0.2) is 24.8 Å². The van der Waals surface area contributed by atoms with E-state index in [1.165, 1.54) is 5.56 Å². The molecule has 0 aliphatic carbocycles. The number of benzene rings is 1. The summed E-state index contributed by atoms with van der Waals surface area (Å²) in [6.07, 6.45) is -0.391. The Morgan fingerprint density at radius 1 is 1.32 bits per heavy atom. The van der Waals surface area contributed by atoms with Gasteiger partial charge in [-0.05, 0) is 55.3 Å². The lowest BCUT2D eigenvalue weighted by molar-refractivity contribution is 0.0530. The molecule has 0 saturated heterocycles.